The first-order valence-corrected chi connectivity index (χ1v) is 8.86. The van der Waals surface area contributed by atoms with E-state index in [9.17, 15) is 0 Å². The monoisotopic (exact) mass is 357 g/mol. The Balaban J connectivity index is 1.78. The van der Waals surface area contributed by atoms with Crippen LogP contribution in [0.3, 0.4) is 0 Å². The number of nitrogens with one attached hydrogen (secondary N) is 1. The van der Waals surface area contributed by atoms with Crippen molar-refractivity contribution in [1.82, 2.24) is 5.32 Å². The Morgan fingerprint density at radius 2 is 1.46 bits per heavy atom. The highest BCUT2D eigenvalue weighted by Crippen LogP contribution is 2.42. The van der Waals surface area contributed by atoms with Crippen molar-refractivity contribution in [2.75, 3.05) is 28.4 Å². The summed E-state index contributed by atoms with van der Waals surface area (Å²) in [5.74, 6) is 3.72. The molecule has 2 aromatic carbocycles. The highest BCUT2D eigenvalue weighted by Gasteiger charge is 2.32. The molecule has 1 fully saturated rings. The van der Waals surface area contributed by atoms with Gasteiger partial charge < -0.3 is 24.3 Å². The van der Waals surface area contributed by atoms with Crippen molar-refractivity contribution >= 4 is 0 Å². The van der Waals surface area contributed by atoms with Crippen LogP contribution in [0.15, 0.2) is 36.4 Å². The molecular formula is C21H27NO4. The van der Waals surface area contributed by atoms with E-state index in [1.807, 2.05) is 24.3 Å². The number of hydrogen-bond acceptors (Lipinski definition) is 5. The van der Waals surface area contributed by atoms with E-state index in [4.69, 9.17) is 18.9 Å². The minimum Gasteiger partial charge on any atom is -0.497 e. The molecule has 0 radical (unpaired) electrons. The second kappa shape index (κ2) is 8.32. The van der Waals surface area contributed by atoms with E-state index in [0.29, 0.717) is 30.0 Å². The van der Waals surface area contributed by atoms with E-state index < -0.39 is 0 Å². The van der Waals surface area contributed by atoms with Crippen LogP contribution in [0.25, 0.3) is 0 Å². The molecule has 1 aliphatic carbocycles. The maximum Gasteiger partial charge on any atom is 0.164 e. The SMILES string of the molecule is COc1ccc(C(NCc2cc(OC)c(OC)cc2OC)C2CC2)cc1. The van der Waals surface area contributed by atoms with Crippen LogP contribution in [0.4, 0.5) is 0 Å². The fourth-order valence-corrected chi connectivity index (χ4v) is 3.25. The Morgan fingerprint density at radius 3 is 2.00 bits per heavy atom. The Labute approximate surface area is 155 Å². The zero-order valence-electron chi connectivity index (χ0n) is 15.9. The van der Waals surface area contributed by atoms with Gasteiger partial charge in [0.05, 0.1) is 28.4 Å². The van der Waals surface area contributed by atoms with Crippen LogP contribution in [0, 0.1) is 5.92 Å². The Bertz CT molecular complexity index is 726. The molecule has 3 rings (SSSR count). The van der Waals surface area contributed by atoms with Crippen LogP contribution < -0.4 is 24.3 Å². The molecule has 1 N–H and O–H groups in total. The smallest absolute Gasteiger partial charge is 0.164 e. The summed E-state index contributed by atoms with van der Waals surface area (Å²) in [6.07, 6.45) is 2.51. The standard InChI is InChI=1S/C21H27NO4/c1-23-17-9-7-15(8-10-17)21(14-5-6-14)22-13-16-11-19(25-3)20(26-4)12-18(16)24-2/h7-12,14,21-22H,5-6,13H2,1-4H3. The number of hydrogen-bond donors (Lipinski definition) is 1. The topological polar surface area (TPSA) is 49.0 Å². The highest BCUT2D eigenvalue weighted by atomic mass is 16.5. The number of methoxy groups -OCH3 is 4. The molecule has 1 unspecified atom stereocenters. The molecule has 2 aromatic rings. The predicted molar refractivity (Wildman–Crippen MR) is 101 cm³/mol. The van der Waals surface area contributed by atoms with Gasteiger partial charge in [-0.3, -0.25) is 0 Å². The second-order valence-corrected chi connectivity index (χ2v) is 6.49. The van der Waals surface area contributed by atoms with Gasteiger partial charge in [-0.1, -0.05) is 12.1 Å². The molecule has 140 valence electrons. The van der Waals surface area contributed by atoms with Gasteiger partial charge in [0, 0.05) is 24.2 Å². The summed E-state index contributed by atoms with van der Waals surface area (Å²) in [6, 6.07) is 12.5. The van der Waals surface area contributed by atoms with Crippen molar-refractivity contribution in [3.63, 3.8) is 0 Å². The summed E-state index contributed by atoms with van der Waals surface area (Å²) in [5.41, 5.74) is 2.33. The van der Waals surface area contributed by atoms with Crippen LogP contribution in [-0.4, -0.2) is 28.4 Å². The predicted octanol–water partition coefficient (Wildman–Crippen LogP) is 3.96. The molecule has 0 heterocycles. The highest BCUT2D eigenvalue weighted by molar-refractivity contribution is 5.50. The molecule has 0 amide bonds. The molecule has 0 aromatic heterocycles. The lowest BCUT2D eigenvalue weighted by Gasteiger charge is -2.21. The first-order chi connectivity index (χ1) is 12.7. The van der Waals surface area contributed by atoms with Crippen LogP contribution in [0.2, 0.25) is 0 Å². The molecule has 1 saturated carbocycles. The van der Waals surface area contributed by atoms with Crippen molar-refractivity contribution in [3.8, 4) is 23.0 Å². The van der Waals surface area contributed by atoms with Crippen molar-refractivity contribution in [2.24, 2.45) is 5.92 Å². The molecule has 1 atom stereocenters. The average Bonchev–Trinajstić information content (AvgIpc) is 3.53. The molecular weight excluding hydrogens is 330 g/mol. The third-order valence-electron chi connectivity index (χ3n) is 4.87. The van der Waals surface area contributed by atoms with E-state index >= 15 is 0 Å². The van der Waals surface area contributed by atoms with Crippen molar-refractivity contribution < 1.29 is 18.9 Å². The van der Waals surface area contributed by atoms with Gasteiger partial charge in [-0.15, -0.1) is 0 Å². The maximum absolute atomic E-state index is 5.54. The summed E-state index contributed by atoms with van der Waals surface area (Å²) in [7, 11) is 6.63. The van der Waals surface area contributed by atoms with E-state index in [2.05, 4.69) is 17.4 Å². The van der Waals surface area contributed by atoms with Gasteiger partial charge in [-0.05, 0) is 42.5 Å². The van der Waals surface area contributed by atoms with Gasteiger partial charge in [-0.2, -0.15) is 0 Å². The lowest BCUT2D eigenvalue weighted by atomic mass is 10.0. The Kier molecular flexibility index (Phi) is 5.89. The number of ether oxygens (including phenoxy) is 4. The summed E-state index contributed by atoms with van der Waals surface area (Å²) in [4.78, 5) is 0. The number of rotatable bonds is 9. The maximum atomic E-state index is 5.54. The summed E-state index contributed by atoms with van der Waals surface area (Å²) in [6.45, 7) is 0.691. The summed E-state index contributed by atoms with van der Waals surface area (Å²) >= 11 is 0. The first-order valence-electron chi connectivity index (χ1n) is 8.86. The van der Waals surface area contributed by atoms with Crippen molar-refractivity contribution in [1.29, 1.82) is 0 Å². The van der Waals surface area contributed by atoms with Crippen molar-refractivity contribution in [3.05, 3.63) is 47.5 Å². The van der Waals surface area contributed by atoms with Crippen LogP contribution >= 0.6 is 0 Å². The molecule has 5 nitrogen and oxygen atoms in total. The zero-order chi connectivity index (χ0) is 18.5. The third-order valence-corrected chi connectivity index (χ3v) is 4.87. The molecule has 5 heteroatoms. The average molecular weight is 357 g/mol. The van der Waals surface area contributed by atoms with E-state index in [1.54, 1.807) is 28.4 Å². The summed E-state index contributed by atoms with van der Waals surface area (Å²) < 4.78 is 21.6. The lowest BCUT2D eigenvalue weighted by molar-refractivity contribution is 0.346. The van der Waals surface area contributed by atoms with Gasteiger partial charge in [0.15, 0.2) is 11.5 Å². The number of benzene rings is 2. The normalized spacial score (nSPS) is 14.6. The van der Waals surface area contributed by atoms with Gasteiger partial charge >= 0.3 is 0 Å². The van der Waals surface area contributed by atoms with E-state index in [0.717, 1.165) is 17.1 Å². The van der Waals surface area contributed by atoms with Gasteiger partial charge in [0.25, 0.3) is 0 Å². The Hall–Kier alpha value is -2.40. The molecule has 0 spiro atoms. The van der Waals surface area contributed by atoms with Crippen LogP contribution in [-0.2, 0) is 6.54 Å². The largest absolute Gasteiger partial charge is 0.497 e. The fourth-order valence-electron chi connectivity index (χ4n) is 3.25. The molecule has 1 aliphatic rings. The third kappa shape index (κ3) is 4.05. The van der Waals surface area contributed by atoms with E-state index in [-0.39, 0.29) is 0 Å². The minimum absolute atomic E-state index is 0.318. The van der Waals surface area contributed by atoms with Gasteiger partial charge in [0.1, 0.15) is 11.5 Å². The molecule has 26 heavy (non-hydrogen) atoms. The van der Waals surface area contributed by atoms with Crippen LogP contribution in [0.1, 0.15) is 30.0 Å². The quantitative estimate of drug-likeness (QED) is 0.736. The Morgan fingerprint density at radius 1 is 0.846 bits per heavy atom. The molecule has 0 aliphatic heterocycles. The first kappa shape index (κ1) is 18.4. The van der Waals surface area contributed by atoms with E-state index in [1.165, 1.54) is 18.4 Å². The van der Waals surface area contributed by atoms with Gasteiger partial charge in [0.2, 0.25) is 0 Å². The summed E-state index contributed by atoms with van der Waals surface area (Å²) in [5, 5.41) is 3.70. The van der Waals surface area contributed by atoms with Crippen LogP contribution in [0.5, 0.6) is 23.0 Å². The molecule has 0 bridgehead atoms. The zero-order valence-corrected chi connectivity index (χ0v) is 15.9. The van der Waals surface area contributed by atoms with Crippen molar-refractivity contribution in [2.45, 2.75) is 25.4 Å². The lowest BCUT2D eigenvalue weighted by Crippen LogP contribution is -2.23. The molecule has 0 saturated heterocycles. The fraction of sp³-hybridized carbons (Fsp3) is 0.429. The second-order valence-electron chi connectivity index (χ2n) is 6.49. The van der Waals surface area contributed by atoms with Gasteiger partial charge in [-0.25, -0.2) is 0 Å². The minimum atomic E-state index is 0.318.